The Morgan fingerprint density at radius 2 is 1.93 bits per heavy atom. The van der Waals surface area contributed by atoms with Crippen LogP contribution in [0.15, 0.2) is 46.8 Å². The fourth-order valence-electron chi connectivity index (χ4n) is 5.06. The Hall–Kier alpha value is -1.88. The molecule has 0 aromatic heterocycles. The number of aryl methyl sites for hydroxylation is 1. The Morgan fingerprint density at radius 3 is 2.75 bits per heavy atom. The molecule has 0 aliphatic carbocycles. The van der Waals surface area contributed by atoms with Crippen LogP contribution in [0.4, 0.5) is 0 Å². The first-order valence-corrected chi connectivity index (χ1v) is 12.3. The van der Waals surface area contributed by atoms with Gasteiger partial charge in [-0.25, -0.2) is 8.57 Å². The maximum absolute atomic E-state index is 13.0. The summed E-state index contributed by atoms with van der Waals surface area (Å²) in [5, 5.41) is 2.51. The normalized spacial score (nSPS) is 27.4. The molecule has 2 heterocycles. The van der Waals surface area contributed by atoms with Gasteiger partial charge in [-0.15, -0.1) is 0 Å². The van der Waals surface area contributed by atoms with Crippen molar-refractivity contribution in [2.75, 3.05) is 25.1 Å². The van der Waals surface area contributed by atoms with Gasteiger partial charge in [0, 0.05) is 35.5 Å². The molecule has 150 valence electrons. The number of amides is 1. The monoisotopic (exact) mass is 398 g/mol. The molecule has 2 atom stereocenters. The number of nitrogens with zero attached hydrogens (tertiary/aromatic N) is 2. The van der Waals surface area contributed by atoms with Crippen molar-refractivity contribution in [3.8, 4) is 0 Å². The van der Waals surface area contributed by atoms with Crippen molar-refractivity contribution in [1.29, 1.82) is 0 Å². The van der Waals surface area contributed by atoms with Crippen LogP contribution in [0.3, 0.4) is 0 Å². The molecule has 2 aliphatic rings. The number of carbonyl (C=O) groups is 1. The van der Waals surface area contributed by atoms with Gasteiger partial charge in [0.25, 0.3) is 0 Å². The van der Waals surface area contributed by atoms with Crippen molar-refractivity contribution in [2.24, 2.45) is 4.36 Å². The Kier molecular flexibility index (Phi) is 5.46. The fourth-order valence-corrected chi connectivity index (χ4v) is 7.39. The number of carbonyl (C=O) groups excluding carboxylic acids is 1. The van der Waals surface area contributed by atoms with Crippen LogP contribution in [-0.2, 0) is 20.9 Å². The van der Waals surface area contributed by atoms with Crippen molar-refractivity contribution in [3.05, 3.63) is 48.0 Å². The molecule has 1 spiro atoms. The highest BCUT2D eigenvalue weighted by atomic mass is 32.2. The lowest BCUT2D eigenvalue weighted by Crippen LogP contribution is -2.54. The Labute approximate surface area is 168 Å². The van der Waals surface area contributed by atoms with E-state index in [1.807, 2.05) is 0 Å². The zero-order chi connectivity index (χ0) is 19.6. The quantitative estimate of drug-likeness (QED) is 0.766. The first-order valence-electron chi connectivity index (χ1n) is 10.4. The highest BCUT2D eigenvalue weighted by Gasteiger charge is 2.47. The molecule has 0 radical (unpaired) electrons. The van der Waals surface area contributed by atoms with Gasteiger partial charge >= 0.3 is 0 Å². The molecule has 5 heteroatoms. The first-order chi connectivity index (χ1) is 13.5. The zero-order valence-electron chi connectivity index (χ0n) is 16.7. The number of hydrogen-bond acceptors (Lipinski definition) is 3. The third-order valence-electron chi connectivity index (χ3n) is 6.50. The summed E-state index contributed by atoms with van der Waals surface area (Å²) in [7, 11) is -0.467. The molecule has 2 unspecified atom stereocenters. The van der Waals surface area contributed by atoms with Gasteiger partial charge in [0.2, 0.25) is 5.91 Å². The SMILES string of the molecule is CN=S1(=O)CCCC2(CCCN2C(=O)CCCc2ccc3ccccc3c2)C1. The Bertz CT molecular complexity index is 993. The van der Waals surface area contributed by atoms with Crippen LogP contribution in [0.5, 0.6) is 0 Å². The molecule has 0 N–H and O–H groups in total. The van der Waals surface area contributed by atoms with Gasteiger partial charge < -0.3 is 4.90 Å². The summed E-state index contributed by atoms with van der Waals surface area (Å²) < 4.78 is 17.1. The largest absolute Gasteiger partial charge is 0.336 e. The topological polar surface area (TPSA) is 49.7 Å². The van der Waals surface area contributed by atoms with Crippen LogP contribution < -0.4 is 0 Å². The van der Waals surface area contributed by atoms with Gasteiger partial charge in [0.1, 0.15) is 0 Å². The maximum atomic E-state index is 13.0. The number of benzene rings is 2. The summed E-state index contributed by atoms with van der Waals surface area (Å²) in [6, 6.07) is 14.9. The Morgan fingerprint density at radius 1 is 1.14 bits per heavy atom. The van der Waals surface area contributed by atoms with Gasteiger partial charge in [0.05, 0.1) is 11.3 Å². The molecule has 0 saturated carbocycles. The van der Waals surface area contributed by atoms with E-state index in [-0.39, 0.29) is 11.4 Å². The van der Waals surface area contributed by atoms with Crippen LogP contribution in [0.1, 0.15) is 44.1 Å². The highest BCUT2D eigenvalue weighted by Crippen LogP contribution is 2.39. The minimum atomic E-state index is -2.14. The summed E-state index contributed by atoms with van der Waals surface area (Å²) >= 11 is 0. The summed E-state index contributed by atoms with van der Waals surface area (Å²) in [4.78, 5) is 15.1. The summed E-state index contributed by atoms with van der Waals surface area (Å²) in [6.45, 7) is 0.814. The van der Waals surface area contributed by atoms with E-state index < -0.39 is 9.73 Å². The van der Waals surface area contributed by atoms with Crippen molar-refractivity contribution >= 4 is 26.4 Å². The van der Waals surface area contributed by atoms with Crippen molar-refractivity contribution in [1.82, 2.24) is 4.90 Å². The van der Waals surface area contributed by atoms with Crippen molar-refractivity contribution < 1.29 is 9.00 Å². The van der Waals surface area contributed by atoms with E-state index in [2.05, 4.69) is 51.7 Å². The predicted octanol–water partition coefficient (Wildman–Crippen LogP) is 4.42. The molecule has 1 amide bonds. The van der Waals surface area contributed by atoms with Gasteiger partial charge in [-0.05, 0) is 54.9 Å². The molecule has 4 rings (SSSR count). The second kappa shape index (κ2) is 7.86. The lowest BCUT2D eigenvalue weighted by atomic mass is 9.92. The molecule has 2 saturated heterocycles. The molecular weight excluding hydrogens is 368 g/mol. The Balaban J connectivity index is 1.39. The first kappa shape index (κ1) is 19.4. The van der Waals surface area contributed by atoms with Crippen LogP contribution in [0.2, 0.25) is 0 Å². The van der Waals surface area contributed by atoms with Crippen LogP contribution in [0, 0.1) is 0 Å². The van der Waals surface area contributed by atoms with E-state index in [0.29, 0.717) is 17.9 Å². The standard InChI is InChI=1S/C23H30N2O2S/c1-24-28(27)16-6-14-23(18-28)13-5-15-25(23)22(26)10-4-7-19-11-12-20-8-2-3-9-21(20)17-19/h2-3,8-9,11-12,17H,4-7,10,13-16,18H2,1H3. The molecule has 28 heavy (non-hydrogen) atoms. The molecule has 2 aromatic rings. The lowest BCUT2D eigenvalue weighted by Gasteiger charge is -2.42. The average molecular weight is 399 g/mol. The second-order valence-corrected chi connectivity index (χ2v) is 10.9. The summed E-state index contributed by atoms with van der Waals surface area (Å²) in [5.74, 6) is 1.50. The minimum Gasteiger partial charge on any atom is -0.336 e. The highest BCUT2D eigenvalue weighted by molar-refractivity contribution is 7.93. The van der Waals surface area contributed by atoms with Crippen LogP contribution in [-0.4, -0.2) is 45.7 Å². The zero-order valence-corrected chi connectivity index (χ0v) is 17.5. The number of likely N-dealkylation sites (tertiary alicyclic amines) is 1. The smallest absolute Gasteiger partial charge is 0.223 e. The predicted molar refractivity (Wildman–Crippen MR) is 116 cm³/mol. The van der Waals surface area contributed by atoms with E-state index >= 15 is 0 Å². The summed E-state index contributed by atoms with van der Waals surface area (Å²) in [6.07, 6.45) is 6.24. The van der Waals surface area contributed by atoms with E-state index in [9.17, 15) is 9.00 Å². The number of rotatable bonds is 4. The molecule has 2 fully saturated rings. The number of hydrogen-bond donors (Lipinski definition) is 0. The molecular formula is C23H30N2O2S. The molecule has 4 nitrogen and oxygen atoms in total. The van der Waals surface area contributed by atoms with Gasteiger partial charge in [-0.3, -0.25) is 4.79 Å². The van der Waals surface area contributed by atoms with E-state index in [1.54, 1.807) is 7.05 Å². The van der Waals surface area contributed by atoms with E-state index in [4.69, 9.17) is 0 Å². The van der Waals surface area contributed by atoms with Gasteiger partial charge in [-0.2, -0.15) is 0 Å². The number of fused-ring (bicyclic) bond motifs is 1. The van der Waals surface area contributed by atoms with E-state index in [0.717, 1.165) is 45.1 Å². The molecule has 2 aromatic carbocycles. The minimum absolute atomic E-state index is 0.200. The van der Waals surface area contributed by atoms with Crippen molar-refractivity contribution in [2.45, 2.75) is 50.5 Å². The third kappa shape index (κ3) is 3.82. The van der Waals surface area contributed by atoms with Gasteiger partial charge in [-0.1, -0.05) is 42.5 Å². The van der Waals surface area contributed by atoms with Crippen molar-refractivity contribution in [3.63, 3.8) is 0 Å². The maximum Gasteiger partial charge on any atom is 0.223 e. The lowest BCUT2D eigenvalue weighted by molar-refractivity contribution is -0.135. The molecule has 2 aliphatic heterocycles. The molecule has 0 bridgehead atoms. The van der Waals surface area contributed by atoms with Crippen LogP contribution in [0.25, 0.3) is 10.8 Å². The fraction of sp³-hybridized carbons (Fsp3) is 0.522. The van der Waals surface area contributed by atoms with Gasteiger partial charge in [0.15, 0.2) is 0 Å². The average Bonchev–Trinajstić information content (AvgIpc) is 3.10. The third-order valence-corrected chi connectivity index (χ3v) is 9.08. The summed E-state index contributed by atoms with van der Waals surface area (Å²) in [5.41, 5.74) is 1.09. The van der Waals surface area contributed by atoms with Crippen LogP contribution >= 0.6 is 0 Å². The second-order valence-electron chi connectivity index (χ2n) is 8.32. The van der Waals surface area contributed by atoms with E-state index in [1.165, 1.54) is 16.3 Å².